The number of carboxylic acid groups (broad SMARTS) is 1. The fourth-order valence-corrected chi connectivity index (χ4v) is 2.29. The molecule has 0 spiro atoms. The number of carbonyl (C=O) groups is 1. The van der Waals surface area contributed by atoms with Crippen LogP contribution in [0.4, 0.5) is 0 Å². The van der Waals surface area contributed by atoms with Gasteiger partial charge in [0.15, 0.2) is 0 Å². The van der Waals surface area contributed by atoms with Gasteiger partial charge in [0.25, 0.3) is 0 Å². The molecule has 1 heterocycles. The molecule has 0 unspecified atom stereocenters. The molecule has 0 fully saturated rings. The molecule has 0 atom stereocenters. The lowest BCUT2D eigenvalue weighted by Crippen LogP contribution is -2.03. The number of thiazole rings is 1. The van der Waals surface area contributed by atoms with Gasteiger partial charge in [-0.2, -0.15) is 0 Å². The molecule has 4 nitrogen and oxygen atoms in total. The monoisotopic (exact) mass is 313 g/mol. The molecular weight excluding hydrogens is 306 g/mol. The standard InChI is InChI=1S/C11H8BrNO3S/c12-7-3-1-2-4-9(7)16-5-8-10(11(14)15)17-6-13-8/h1-4,6H,5H2,(H,14,15). The van der Waals surface area contributed by atoms with Crippen molar-refractivity contribution in [2.45, 2.75) is 6.61 Å². The van der Waals surface area contributed by atoms with Crippen molar-refractivity contribution in [2.24, 2.45) is 0 Å². The Labute approximate surface area is 110 Å². The third-order valence-electron chi connectivity index (χ3n) is 2.04. The van der Waals surface area contributed by atoms with E-state index in [0.717, 1.165) is 15.8 Å². The Kier molecular flexibility index (Phi) is 3.75. The molecule has 1 N–H and O–H groups in total. The van der Waals surface area contributed by atoms with Crippen molar-refractivity contribution in [2.75, 3.05) is 0 Å². The van der Waals surface area contributed by atoms with Crippen LogP contribution in [0.3, 0.4) is 0 Å². The van der Waals surface area contributed by atoms with Gasteiger partial charge in [-0.3, -0.25) is 0 Å². The maximum absolute atomic E-state index is 10.9. The molecular formula is C11H8BrNO3S. The number of ether oxygens (including phenoxy) is 1. The van der Waals surface area contributed by atoms with Gasteiger partial charge in [-0.1, -0.05) is 12.1 Å². The first kappa shape index (κ1) is 12.1. The van der Waals surface area contributed by atoms with Crippen LogP contribution in [0, 0.1) is 0 Å². The quantitative estimate of drug-likeness (QED) is 0.941. The number of benzene rings is 1. The Morgan fingerprint density at radius 3 is 2.94 bits per heavy atom. The largest absolute Gasteiger partial charge is 0.486 e. The minimum absolute atomic E-state index is 0.147. The summed E-state index contributed by atoms with van der Waals surface area (Å²) in [5.41, 5.74) is 1.94. The molecule has 1 aromatic carbocycles. The lowest BCUT2D eigenvalue weighted by molar-refractivity contribution is 0.0699. The van der Waals surface area contributed by atoms with Crippen LogP contribution in [0.5, 0.6) is 5.75 Å². The first-order chi connectivity index (χ1) is 8.18. The van der Waals surface area contributed by atoms with Crippen LogP contribution >= 0.6 is 27.3 Å². The molecule has 2 aromatic rings. The van der Waals surface area contributed by atoms with Crippen molar-refractivity contribution < 1.29 is 14.6 Å². The molecule has 88 valence electrons. The van der Waals surface area contributed by atoms with Crippen molar-refractivity contribution in [1.29, 1.82) is 0 Å². The fourth-order valence-electron chi connectivity index (χ4n) is 1.25. The summed E-state index contributed by atoms with van der Waals surface area (Å²) >= 11 is 4.44. The first-order valence-electron chi connectivity index (χ1n) is 4.71. The summed E-state index contributed by atoms with van der Waals surface area (Å²) in [5, 5.41) is 8.91. The minimum atomic E-state index is -0.974. The third-order valence-corrected chi connectivity index (χ3v) is 3.55. The number of aromatic carboxylic acids is 1. The number of hydrogen-bond acceptors (Lipinski definition) is 4. The summed E-state index contributed by atoms with van der Waals surface area (Å²) in [6, 6.07) is 7.38. The Bertz CT molecular complexity index is 541. The van der Waals surface area contributed by atoms with Gasteiger partial charge >= 0.3 is 5.97 Å². The van der Waals surface area contributed by atoms with Gasteiger partial charge in [-0.05, 0) is 28.1 Å². The van der Waals surface area contributed by atoms with E-state index in [1.54, 1.807) is 6.07 Å². The second kappa shape index (κ2) is 5.29. The normalized spacial score (nSPS) is 10.2. The number of aromatic nitrogens is 1. The SMILES string of the molecule is O=C(O)c1scnc1COc1ccccc1Br. The molecule has 0 bridgehead atoms. The maximum Gasteiger partial charge on any atom is 0.347 e. The molecule has 0 aliphatic rings. The highest BCUT2D eigenvalue weighted by atomic mass is 79.9. The summed E-state index contributed by atoms with van der Waals surface area (Å²) in [7, 11) is 0. The third kappa shape index (κ3) is 2.83. The highest BCUT2D eigenvalue weighted by molar-refractivity contribution is 9.10. The number of carboxylic acids is 1. The van der Waals surface area contributed by atoms with E-state index in [1.165, 1.54) is 5.51 Å². The Hall–Kier alpha value is -1.40. The molecule has 0 radical (unpaired) electrons. The van der Waals surface area contributed by atoms with E-state index < -0.39 is 5.97 Å². The highest BCUT2D eigenvalue weighted by Crippen LogP contribution is 2.25. The summed E-state index contributed by atoms with van der Waals surface area (Å²) in [5.74, 6) is -0.310. The molecule has 1 aromatic heterocycles. The summed E-state index contributed by atoms with van der Waals surface area (Å²) in [4.78, 5) is 15.1. The number of para-hydroxylation sites is 1. The maximum atomic E-state index is 10.9. The van der Waals surface area contributed by atoms with E-state index in [9.17, 15) is 4.79 Å². The molecule has 0 amide bonds. The highest BCUT2D eigenvalue weighted by Gasteiger charge is 2.14. The van der Waals surface area contributed by atoms with Crippen molar-refractivity contribution in [1.82, 2.24) is 4.98 Å². The van der Waals surface area contributed by atoms with Crippen molar-refractivity contribution in [3.8, 4) is 5.75 Å². The van der Waals surface area contributed by atoms with Crippen LogP contribution in [0.15, 0.2) is 34.2 Å². The fraction of sp³-hybridized carbons (Fsp3) is 0.0909. The zero-order valence-electron chi connectivity index (χ0n) is 8.59. The van der Waals surface area contributed by atoms with Crippen LogP contribution < -0.4 is 4.74 Å². The molecule has 0 aliphatic carbocycles. The van der Waals surface area contributed by atoms with E-state index >= 15 is 0 Å². The second-order valence-corrected chi connectivity index (χ2v) is 4.86. The van der Waals surface area contributed by atoms with Gasteiger partial charge in [0, 0.05) is 0 Å². The first-order valence-corrected chi connectivity index (χ1v) is 6.38. The lowest BCUT2D eigenvalue weighted by atomic mass is 10.3. The minimum Gasteiger partial charge on any atom is -0.486 e. The molecule has 0 saturated carbocycles. The van der Waals surface area contributed by atoms with E-state index in [0.29, 0.717) is 11.4 Å². The average molecular weight is 314 g/mol. The Morgan fingerprint density at radius 1 is 1.47 bits per heavy atom. The summed E-state index contributed by atoms with van der Waals surface area (Å²) in [6.45, 7) is 0.147. The van der Waals surface area contributed by atoms with Gasteiger partial charge in [-0.25, -0.2) is 9.78 Å². The number of halogens is 1. The van der Waals surface area contributed by atoms with Crippen LogP contribution in [0.2, 0.25) is 0 Å². The zero-order valence-corrected chi connectivity index (χ0v) is 11.0. The van der Waals surface area contributed by atoms with Gasteiger partial charge in [0.05, 0.1) is 9.98 Å². The average Bonchev–Trinajstić information content (AvgIpc) is 2.76. The van der Waals surface area contributed by atoms with Gasteiger partial charge < -0.3 is 9.84 Å². The van der Waals surface area contributed by atoms with E-state index in [-0.39, 0.29) is 11.5 Å². The van der Waals surface area contributed by atoms with Crippen LogP contribution in [0.1, 0.15) is 15.4 Å². The Balaban J connectivity index is 2.10. The van der Waals surface area contributed by atoms with Crippen molar-refractivity contribution >= 4 is 33.2 Å². The predicted octanol–water partition coefficient (Wildman–Crippen LogP) is 3.18. The van der Waals surface area contributed by atoms with Gasteiger partial charge in [-0.15, -0.1) is 11.3 Å². The van der Waals surface area contributed by atoms with E-state index in [1.807, 2.05) is 18.2 Å². The molecule has 0 saturated heterocycles. The number of hydrogen-bond donors (Lipinski definition) is 1. The number of nitrogens with zero attached hydrogens (tertiary/aromatic N) is 1. The van der Waals surface area contributed by atoms with Crippen LogP contribution in [0.25, 0.3) is 0 Å². The topological polar surface area (TPSA) is 59.4 Å². The predicted molar refractivity (Wildman–Crippen MR) is 67.5 cm³/mol. The van der Waals surface area contributed by atoms with Crippen molar-refractivity contribution in [3.63, 3.8) is 0 Å². The molecule has 6 heteroatoms. The zero-order chi connectivity index (χ0) is 12.3. The van der Waals surface area contributed by atoms with E-state index in [2.05, 4.69) is 20.9 Å². The second-order valence-electron chi connectivity index (χ2n) is 3.15. The van der Waals surface area contributed by atoms with Crippen molar-refractivity contribution in [3.05, 3.63) is 44.8 Å². The van der Waals surface area contributed by atoms with E-state index in [4.69, 9.17) is 9.84 Å². The number of rotatable bonds is 4. The Morgan fingerprint density at radius 2 is 2.24 bits per heavy atom. The smallest absolute Gasteiger partial charge is 0.347 e. The lowest BCUT2D eigenvalue weighted by Gasteiger charge is -2.06. The van der Waals surface area contributed by atoms with Crippen LogP contribution in [-0.2, 0) is 6.61 Å². The summed E-state index contributed by atoms with van der Waals surface area (Å²) < 4.78 is 6.33. The molecule has 17 heavy (non-hydrogen) atoms. The van der Waals surface area contributed by atoms with Crippen LogP contribution in [-0.4, -0.2) is 16.1 Å². The molecule has 2 rings (SSSR count). The summed E-state index contributed by atoms with van der Waals surface area (Å²) in [6.07, 6.45) is 0. The molecule has 0 aliphatic heterocycles. The van der Waals surface area contributed by atoms with Gasteiger partial charge in [0.1, 0.15) is 22.9 Å². The van der Waals surface area contributed by atoms with Gasteiger partial charge in [0.2, 0.25) is 0 Å².